The highest BCUT2D eigenvalue weighted by molar-refractivity contribution is 6.19. The highest BCUT2D eigenvalue weighted by atomic mass is 16.5. The quantitative estimate of drug-likeness (QED) is 0.345. The number of hydrogen-bond donors (Lipinski definition) is 0. The molecule has 1 heterocycles. The molecule has 0 aliphatic carbocycles. The fraction of sp³-hybridized carbons (Fsp3) is 0.308. The van der Waals surface area contributed by atoms with Crippen LogP contribution in [-0.4, -0.2) is 22.8 Å². The molecule has 90 valence electrons. The maximum Gasteiger partial charge on any atom is 0.342 e. The van der Waals surface area contributed by atoms with E-state index < -0.39 is 5.97 Å². The smallest absolute Gasteiger partial charge is 0.342 e. The molecular formula is C13H15NO3. The second-order valence-corrected chi connectivity index (χ2v) is 3.85. The van der Waals surface area contributed by atoms with Crippen LogP contribution in [-0.2, 0) is 14.3 Å². The van der Waals surface area contributed by atoms with Gasteiger partial charge in [0, 0.05) is 12.4 Å². The van der Waals surface area contributed by atoms with E-state index in [1.54, 1.807) is 38.4 Å². The highest BCUT2D eigenvalue weighted by Gasteiger charge is 2.17. The number of aromatic nitrogens is 1. The Labute approximate surface area is 100 Å². The molecule has 0 atom stereocenters. The average Bonchev–Trinajstić information content (AvgIpc) is 2.25. The Morgan fingerprint density at radius 1 is 1.41 bits per heavy atom. The largest absolute Gasteiger partial charge is 0.459 e. The number of carbonyl (C=O) groups excluding carboxylic acids is 2. The monoisotopic (exact) mass is 233 g/mol. The first-order valence-corrected chi connectivity index (χ1v) is 5.34. The lowest BCUT2D eigenvalue weighted by molar-refractivity contribution is -0.143. The molecule has 4 nitrogen and oxygen atoms in total. The van der Waals surface area contributed by atoms with Crippen LogP contribution in [0.4, 0.5) is 0 Å². The van der Waals surface area contributed by atoms with Gasteiger partial charge in [-0.1, -0.05) is 6.07 Å². The van der Waals surface area contributed by atoms with Gasteiger partial charge in [-0.25, -0.2) is 4.79 Å². The summed E-state index contributed by atoms with van der Waals surface area (Å²) in [5.41, 5.74) is 0.727. The molecule has 1 rings (SSSR count). The van der Waals surface area contributed by atoms with Gasteiger partial charge in [0.15, 0.2) is 5.78 Å². The van der Waals surface area contributed by atoms with Gasteiger partial charge >= 0.3 is 5.97 Å². The number of ether oxygens (including phenoxy) is 1. The first-order valence-electron chi connectivity index (χ1n) is 5.34. The third kappa shape index (κ3) is 4.18. The van der Waals surface area contributed by atoms with Gasteiger partial charge in [0.2, 0.25) is 0 Å². The molecule has 0 aliphatic rings. The molecule has 17 heavy (non-hydrogen) atoms. The molecule has 0 amide bonds. The molecule has 0 saturated carbocycles. The SMILES string of the molecule is CC(=O)C(=Cc1cccnc1)C(=O)OC(C)C. The number of nitrogens with zero attached hydrogens (tertiary/aromatic N) is 1. The molecule has 0 spiro atoms. The number of Topliss-reactive ketones (excluding diaryl/α,β-unsaturated/α-hetero) is 1. The van der Waals surface area contributed by atoms with E-state index in [0.29, 0.717) is 5.56 Å². The van der Waals surface area contributed by atoms with Crippen molar-refractivity contribution in [1.82, 2.24) is 4.98 Å². The number of hydrogen-bond acceptors (Lipinski definition) is 4. The third-order valence-corrected chi connectivity index (χ3v) is 1.94. The summed E-state index contributed by atoms with van der Waals surface area (Å²) < 4.78 is 5.00. The maximum atomic E-state index is 11.7. The van der Waals surface area contributed by atoms with Crippen LogP contribution < -0.4 is 0 Å². The predicted octanol–water partition coefficient (Wildman–Crippen LogP) is 2.01. The van der Waals surface area contributed by atoms with Crippen LogP contribution in [0.3, 0.4) is 0 Å². The van der Waals surface area contributed by atoms with Gasteiger partial charge in [0.1, 0.15) is 5.57 Å². The molecule has 1 aromatic heterocycles. The van der Waals surface area contributed by atoms with Crippen LogP contribution >= 0.6 is 0 Å². The van der Waals surface area contributed by atoms with Crippen molar-refractivity contribution in [1.29, 1.82) is 0 Å². The second-order valence-electron chi connectivity index (χ2n) is 3.85. The Morgan fingerprint density at radius 3 is 2.59 bits per heavy atom. The lowest BCUT2D eigenvalue weighted by Crippen LogP contribution is -2.17. The molecule has 0 fully saturated rings. The molecular weight excluding hydrogens is 218 g/mol. The first-order chi connectivity index (χ1) is 8.00. The van der Waals surface area contributed by atoms with E-state index in [4.69, 9.17) is 4.74 Å². The summed E-state index contributed by atoms with van der Waals surface area (Å²) in [6.45, 7) is 4.81. The van der Waals surface area contributed by atoms with Crippen molar-refractivity contribution in [3.05, 3.63) is 35.7 Å². The van der Waals surface area contributed by atoms with Gasteiger partial charge in [-0.15, -0.1) is 0 Å². The fourth-order valence-electron chi connectivity index (χ4n) is 1.21. The summed E-state index contributed by atoms with van der Waals surface area (Å²) in [4.78, 5) is 27.0. The van der Waals surface area contributed by atoms with E-state index in [0.717, 1.165) is 0 Å². The Kier molecular flexibility index (Phi) is 4.57. The Balaban J connectivity index is 2.98. The van der Waals surface area contributed by atoms with Gasteiger partial charge in [-0.3, -0.25) is 9.78 Å². The summed E-state index contributed by atoms with van der Waals surface area (Å²) in [6.07, 6.45) is 4.43. The first kappa shape index (κ1) is 13.1. The van der Waals surface area contributed by atoms with Crippen molar-refractivity contribution in [2.75, 3.05) is 0 Å². The molecule has 0 unspecified atom stereocenters. The summed E-state index contributed by atoms with van der Waals surface area (Å²) in [5, 5.41) is 0. The van der Waals surface area contributed by atoms with Crippen LogP contribution in [0.1, 0.15) is 26.3 Å². The van der Waals surface area contributed by atoms with Crippen LogP contribution in [0.2, 0.25) is 0 Å². The number of rotatable bonds is 4. The van der Waals surface area contributed by atoms with E-state index in [-0.39, 0.29) is 17.5 Å². The van der Waals surface area contributed by atoms with Gasteiger partial charge in [-0.05, 0) is 38.5 Å². The van der Waals surface area contributed by atoms with Gasteiger partial charge < -0.3 is 4.74 Å². The van der Waals surface area contributed by atoms with E-state index in [9.17, 15) is 9.59 Å². The summed E-state index contributed by atoms with van der Waals surface area (Å²) >= 11 is 0. The van der Waals surface area contributed by atoms with E-state index in [2.05, 4.69) is 4.98 Å². The minimum atomic E-state index is -0.601. The predicted molar refractivity (Wildman–Crippen MR) is 64.1 cm³/mol. The van der Waals surface area contributed by atoms with Crippen LogP contribution in [0.5, 0.6) is 0 Å². The minimum Gasteiger partial charge on any atom is -0.459 e. The van der Waals surface area contributed by atoms with Crippen molar-refractivity contribution in [3.8, 4) is 0 Å². The number of pyridine rings is 1. The van der Waals surface area contributed by atoms with Crippen LogP contribution in [0.15, 0.2) is 30.1 Å². The van der Waals surface area contributed by atoms with Crippen LogP contribution in [0, 0.1) is 0 Å². The van der Waals surface area contributed by atoms with Crippen molar-refractivity contribution in [3.63, 3.8) is 0 Å². The van der Waals surface area contributed by atoms with Gasteiger partial charge in [-0.2, -0.15) is 0 Å². The highest BCUT2D eigenvalue weighted by Crippen LogP contribution is 2.09. The molecule has 0 N–H and O–H groups in total. The Bertz CT molecular complexity index is 435. The average molecular weight is 233 g/mol. The molecule has 0 saturated heterocycles. The molecule has 0 radical (unpaired) electrons. The number of esters is 1. The zero-order valence-corrected chi connectivity index (χ0v) is 10.1. The topological polar surface area (TPSA) is 56.3 Å². The summed E-state index contributed by atoms with van der Waals surface area (Å²) in [5.74, 6) is -0.921. The number of ketones is 1. The molecule has 4 heteroatoms. The fourth-order valence-corrected chi connectivity index (χ4v) is 1.21. The van der Waals surface area contributed by atoms with E-state index in [1.807, 2.05) is 0 Å². The second kappa shape index (κ2) is 5.94. The van der Waals surface area contributed by atoms with E-state index in [1.165, 1.54) is 13.0 Å². The summed E-state index contributed by atoms with van der Waals surface area (Å²) in [7, 11) is 0. The standard InChI is InChI=1S/C13H15NO3/c1-9(2)17-13(16)12(10(3)15)7-11-5-4-6-14-8-11/h4-9H,1-3H3. The minimum absolute atomic E-state index is 0.0340. The van der Waals surface area contributed by atoms with Crippen molar-refractivity contribution < 1.29 is 14.3 Å². The third-order valence-electron chi connectivity index (χ3n) is 1.94. The molecule has 0 bridgehead atoms. The van der Waals surface area contributed by atoms with Gasteiger partial charge in [0.25, 0.3) is 0 Å². The normalized spacial score (nSPS) is 11.4. The van der Waals surface area contributed by atoms with Crippen molar-refractivity contribution in [2.24, 2.45) is 0 Å². The Hall–Kier alpha value is -1.97. The molecule has 1 aromatic rings. The van der Waals surface area contributed by atoms with Crippen LogP contribution in [0.25, 0.3) is 6.08 Å². The molecule has 0 aromatic carbocycles. The lowest BCUT2D eigenvalue weighted by Gasteiger charge is -2.08. The molecule has 0 aliphatic heterocycles. The number of carbonyl (C=O) groups is 2. The van der Waals surface area contributed by atoms with Crippen molar-refractivity contribution in [2.45, 2.75) is 26.9 Å². The maximum absolute atomic E-state index is 11.7. The summed E-state index contributed by atoms with van der Waals surface area (Å²) in [6, 6.07) is 3.50. The van der Waals surface area contributed by atoms with Gasteiger partial charge in [0.05, 0.1) is 6.10 Å². The zero-order valence-electron chi connectivity index (χ0n) is 10.1. The zero-order chi connectivity index (χ0) is 12.8. The Morgan fingerprint density at radius 2 is 2.12 bits per heavy atom. The van der Waals surface area contributed by atoms with E-state index >= 15 is 0 Å². The lowest BCUT2D eigenvalue weighted by atomic mass is 10.1. The van der Waals surface area contributed by atoms with Crippen molar-refractivity contribution >= 4 is 17.8 Å².